The summed E-state index contributed by atoms with van der Waals surface area (Å²) in [5.41, 5.74) is 1.04. The molecule has 0 atom stereocenters. The molecule has 0 aliphatic rings. The van der Waals surface area contributed by atoms with E-state index in [0.29, 0.717) is 5.69 Å². The molecule has 0 aliphatic carbocycles. The zero-order valence-corrected chi connectivity index (χ0v) is 20.5. The van der Waals surface area contributed by atoms with E-state index >= 15 is 0 Å². The molecule has 0 aliphatic heterocycles. The molecule has 3 rings (SSSR count). The van der Waals surface area contributed by atoms with Gasteiger partial charge in [0.05, 0.1) is 22.3 Å². The van der Waals surface area contributed by atoms with Crippen LogP contribution in [0.3, 0.4) is 0 Å². The van der Waals surface area contributed by atoms with Gasteiger partial charge in [0, 0.05) is 14.8 Å². The Morgan fingerprint density at radius 2 is 1.77 bits per heavy atom. The predicted molar refractivity (Wildman–Crippen MR) is 135 cm³/mol. The summed E-state index contributed by atoms with van der Waals surface area (Å²) in [6.45, 7) is 3.61. The molecule has 0 saturated carbocycles. The van der Waals surface area contributed by atoms with Crippen LogP contribution >= 0.6 is 45.8 Å². The Hall–Kier alpha value is -2.07. The summed E-state index contributed by atoms with van der Waals surface area (Å²) in [6.07, 6.45) is 1.45. The highest BCUT2D eigenvalue weighted by atomic mass is 127. The maximum atomic E-state index is 13.5. The van der Waals surface area contributed by atoms with Crippen LogP contribution < -0.4 is 9.62 Å². The summed E-state index contributed by atoms with van der Waals surface area (Å²) < 4.78 is 29.0. The number of carbonyl (C=O) groups is 1. The lowest BCUT2D eigenvalue weighted by atomic mass is 10.2. The minimum absolute atomic E-state index is 0.00748. The molecule has 9 heteroatoms. The molecule has 0 fully saturated rings. The van der Waals surface area contributed by atoms with Crippen LogP contribution in [0.4, 0.5) is 11.4 Å². The molecule has 0 unspecified atom stereocenters. The fraction of sp³-hybridized carbons (Fsp3) is 0.0455. The van der Waals surface area contributed by atoms with Gasteiger partial charge in [-0.2, -0.15) is 0 Å². The van der Waals surface area contributed by atoms with Crippen molar-refractivity contribution in [1.82, 2.24) is 0 Å². The Balaban J connectivity index is 2.02. The molecule has 3 aromatic rings. The second-order valence-electron chi connectivity index (χ2n) is 6.39. The summed E-state index contributed by atoms with van der Waals surface area (Å²) in [5.74, 6) is -0.455. The fourth-order valence-electron chi connectivity index (χ4n) is 2.83. The summed E-state index contributed by atoms with van der Waals surface area (Å²) in [6, 6.07) is 17.9. The number of benzene rings is 3. The number of nitrogens with zero attached hydrogens (tertiary/aromatic N) is 1. The molecule has 1 N–H and O–H groups in total. The summed E-state index contributed by atoms with van der Waals surface area (Å²) >= 11 is 14.6. The molecule has 0 bridgehead atoms. The molecule has 31 heavy (non-hydrogen) atoms. The molecular weight excluding hydrogens is 570 g/mol. The normalized spacial score (nSPS) is 11.1. The number of nitrogens with one attached hydrogen (secondary N) is 1. The van der Waals surface area contributed by atoms with Crippen LogP contribution in [0.5, 0.6) is 0 Å². The Morgan fingerprint density at radius 1 is 1.03 bits per heavy atom. The first-order valence-corrected chi connectivity index (χ1v) is 12.3. The average molecular weight is 587 g/mol. The molecule has 0 radical (unpaired) electrons. The first-order chi connectivity index (χ1) is 14.7. The van der Waals surface area contributed by atoms with Gasteiger partial charge in [0.25, 0.3) is 15.9 Å². The second-order valence-corrected chi connectivity index (χ2v) is 10.3. The highest BCUT2D eigenvalue weighted by Crippen LogP contribution is 2.33. The Morgan fingerprint density at radius 3 is 2.45 bits per heavy atom. The lowest BCUT2D eigenvalue weighted by Crippen LogP contribution is -2.32. The van der Waals surface area contributed by atoms with Crippen molar-refractivity contribution in [3.8, 4) is 0 Å². The van der Waals surface area contributed by atoms with Gasteiger partial charge in [0.15, 0.2) is 0 Å². The molecule has 0 saturated heterocycles. The van der Waals surface area contributed by atoms with Crippen molar-refractivity contribution in [3.05, 3.63) is 98.6 Å². The minimum atomic E-state index is -4.14. The Bertz CT molecular complexity index is 1250. The van der Waals surface area contributed by atoms with E-state index in [-0.39, 0.29) is 32.7 Å². The van der Waals surface area contributed by atoms with Gasteiger partial charge in [0.1, 0.15) is 4.90 Å². The molecule has 160 valence electrons. The van der Waals surface area contributed by atoms with Crippen molar-refractivity contribution >= 4 is 73.1 Å². The monoisotopic (exact) mass is 586 g/mol. The van der Waals surface area contributed by atoms with E-state index in [9.17, 15) is 13.2 Å². The maximum Gasteiger partial charge on any atom is 0.266 e. The van der Waals surface area contributed by atoms with Gasteiger partial charge in [-0.15, -0.1) is 6.58 Å². The largest absolute Gasteiger partial charge is 0.322 e. The van der Waals surface area contributed by atoms with E-state index < -0.39 is 15.9 Å². The predicted octanol–water partition coefficient (Wildman–Crippen LogP) is 6.23. The maximum absolute atomic E-state index is 13.5. The number of anilines is 2. The third kappa shape index (κ3) is 5.41. The molecule has 1 amide bonds. The van der Waals surface area contributed by atoms with Gasteiger partial charge in [-0.25, -0.2) is 8.42 Å². The topological polar surface area (TPSA) is 66.5 Å². The van der Waals surface area contributed by atoms with Crippen LogP contribution in [0.1, 0.15) is 10.4 Å². The number of hydrogen-bond donors (Lipinski definition) is 1. The first-order valence-electron chi connectivity index (χ1n) is 8.98. The number of rotatable bonds is 7. The summed E-state index contributed by atoms with van der Waals surface area (Å²) in [5, 5.41) is 3.01. The van der Waals surface area contributed by atoms with E-state index in [4.69, 9.17) is 23.2 Å². The van der Waals surface area contributed by atoms with Gasteiger partial charge >= 0.3 is 0 Å². The second kappa shape index (κ2) is 10.0. The van der Waals surface area contributed by atoms with Gasteiger partial charge in [0.2, 0.25) is 0 Å². The highest BCUT2D eigenvalue weighted by Gasteiger charge is 2.28. The average Bonchev–Trinajstić information content (AvgIpc) is 2.72. The van der Waals surface area contributed by atoms with Crippen LogP contribution in [-0.2, 0) is 10.0 Å². The van der Waals surface area contributed by atoms with Crippen LogP contribution in [0, 0.1) is 3.57 Å². The third-order valence-corrected chi connectivity index (χ3v) is 7.51. The van der Waals surface area contributed by atoms with Gasteiger partial charge in [-0.3, -0.25) is 9.10 Å². The number of amides is 1. The number of halogens is 3. The van der Waals surface area contributed by atoms with E-state index in [0.717, 1.165) is 7.88 Å². The smallest absolute Gasteiger partial charge is 0.266 e. The van der Waals surface area contributed by atoms with Crippen LogP contribution in [-0.4, -0.2) is 20.9 Å². The Kier molecular flexibility index (Phi) is 7.64. The Labute approximate surface area is 204 Å². The summed E-state index contributed by atoms with van der Waals surface area (Å²) in [4.78, 5) is 12.5. The molecule has 0 heterocycles. The number of sulfonamides is 1. The van der Waals surface area contributed by atoms with Crippen molar-refractivity contribution in [2.45, 2.75) is 4.90 Å². The van der Waals surface area contributed by atoms with Crippen molar-refractivity contribution in [2.75, 3.05) is 16.2 Å². The van der Waals surface area contributed by atoms with Crippen LogP contribution in [0.15, 0.2) is 84.3 Å². The van der Waals surface area contributed by atoms with Crippen molar-refractivity contribution in [2.24, 2.45) is 0 Å². The molecular formula is C22H17Cl2IN2O3S. The van der Waals surface area contributed by atoms with Gasteiger partial charge in [-0.1, -0.05) is 47.5 Å². The number of para-hydroxylation sites is 1. The quantitative estimate of drug-likeness (QED) is 0.263. The van der Waals surface area contributed by atoms with Crippen molar-refractivity contribution in [3.63, 3.8) is 0 Å². The molecule has 5 nitrogen and oxygen atoms in total. The lowest BCUT2D eigenvalue weighted by molar-refractivity contribution is 0.102. The first kappa shape index (κ1) is 23.6. The summed E-state index contributed by atoms with van der Waals surface area (Å²) in [7, 11) is -4.14. The van der Waals surface area contributed by atoms with E-state index in [1.165, 1.54) is 24.3 Å². The van der Waals surface area contributed by atoms with Gasteiger partial charge < -0.3 is 5.32 Å². The molecule has 0 spiro atoms. The standard InChI is InChI=1S/C22H17Cl2IN2O3S/c1-2-12-27(20-9-4-3-8-18(20)23)31(29,30)21-13-15(10-11-19(21)24)22(28)26-17-7-5-6-16(25)14-17/h2-11,13-14H,1,12H2,(H,26,28). The number of hydrogen-bond acceptors (Lipinski definition) is 3. The molecule has 0 aromatic heterocycles. The SMILES string of the molecule is C=CCN(c1ccccc1Cl)S(=O)(=O)c1cc(C(=O)Nc2cccc(I)c2)ccc1Cl. The highest BCUT2D eigenvalue weighted by molar-refractivity contribution is 14.1. The van der Waals surface area contributed by atoms with E-state index in [1.807, 2.05) is 12.1 Å². The van der Waals surface area contributed by atoms with E-state index in [1.54, 1.807) is 36.4 Å². The molecule has 3 aromatic carbocycles. The zero-order chi connectivity index (χ0) is 22.6. The lowest BCUT2D eigenvalue weighted by Gasteiger charge is -2.24. The minimum Gasteiger partial charge on any atom is -0.322 e. The van der Waals surface area contributed by atoms with Crippen molar-refractivity contribution in [1.29, 1.82) is 0 Å². The van der Waals surface area contributed by atoms with E-state index in [2.05, 4.69) is 34.5 Å². The van der Waals surface area contributed by atoms with Gasteiger partial charge in [-0.05, 0) is 71.1 Å². The zero-order valence-electron chi connectivity index (χ0n) is 16.1. The van der Waals surface area contributed by atoms with Crippen molar-refractivity contribution < 1.29 is 13.2 Å². The third-order valence-electron chi connectivity index (χ3n) is 4.26. The van der Waals surface area contributed by atoms with Crippen LogP contribution in [0.2, 0.25) is 10.0 Å². The fourth-order valence-corrected chi connectivity index (χ4v) is 5.62. The van der Waals surface area contributed by atoms with Crippen LogP contribution in [0.25, 0.3) is 0 Å². The number of carbonyl (C=O) groups excluding carboxylic acids is 1.